The van der Waals surface area contributed by atoms with Crippen LogP contribution in [-0.2, 0) is 19.2 Å². The van der Waals surface area contributed by atoms with Gasteiger partial charge in [0, 0.05) is 6.54 Å². The number of amides is 3. The maximum atomic E-state index is 13.0. The number of aliphatic carboxylic acids is 1. The Morgan fingerprint density at radius 3 is 2.11 bits per heavy atom. The van der Waals surface area contributed by atoms with Gasteiger partial charge in [0.15, 0.2) is 11.8 Å². The summed E-state index contributed by atoms with van der Waals surface area (Å²) in [6.45, 7) is 3.53. The number of nitrogens with one attached hydrogen (secondary N) is 2. The predicted molar refractivity (Wildman–Crippen MR) is 136 cm³/mol. The molecule has 11 heteroatoms. The number of fused-ring (bicyclic) bond motifs is 2. The van der Waals surface area contributed by atoms with Crippen LogP contribution in [0.2, 0.25) is 0 Å². The zero-order valence-corrected chi connectivity index (χ0v) is 21.2. The quantitative estimate of drug-likeness (QED) is 0.310. The summed E-state index contributed by atoms with van der Waals surface area (Å²) in [5.74, 6) is -3.33. The van der Waals surface area contributed by atoms with Gasteiger partial charge in [-0.3, -0.25) is 39.0 Å². The molecule has 0 aromatic heterocycles. The maximum absolute atomic E-state index is 13.0. The number of Topliss-reactive ketones (excluding diaryl/α,β-unsaturated/α-hetero) is 1. The van der Waals surface area contributed by atoms with Crippen molar-refractivity contribution in [1.82, 2.24) is 15.5 Å². The van der Waals surface area contributed by atoms with Crippen molar-refractivity contribution in [1.29, 1.82) is 0 Å². The molecule has 10 nitrogen and oxygen atoms in total. The van der Waals surface area contributed by atoms with E-state index in [1.54, 1.807) is 12.1 Å². The van der Waals surface area contributed by atoms with Crippen molar-refractivity contribution >= 4 is 57.1 Å². The molecule has 1 saturated heterocycles. The molecule has 194 valence electrons. The number of ketones is 1. The Bertz CT molecular complexity index is 1240. The summed E-state index contributed by atoms with van der Waals surface area (Å²) >= 11 is 0.831. The van der Waals surface area contributed by atoms with Crippen molar-refractivity contribution in [3.05, 3.63) is 47.5 Å². The molecule has 0 spiro atoms. The molecular formula is C26H27N3O7S. The van der Waals surface area contributed by atoms with Crippen LogP contribution in [0.25, 0.3) is 10.8 Å². The summed E-state index contributed by atoms with van der Waals surface area (Å²) in [4.78, 5) is 75.8. The number of hydrogen-bond acceptors (Lipinski definition) is 8. The van der Waals surface area contributed by atoms with Crippen molar-refractivity contribution in [2.75, 3.05) is 12.3 Å². The summed E-state index contributed by atoms with van der Waals surface area (Å²) in [7, 11) is 0. The summed E-state index contributed by atoms with van der Waals surface area (Å²) in [6.07, 6.45) is 0.108. The molecule has 0 radical (unpaired) electrons. The first-order valence-corrected chi connectivity index (χ1v) is 12.9. The monoisotopic (exact) mass is 525 g/mol. The van der Waals surface area contributed by atoms with Crippen molar-refractivity contribution in [2.45, 2.75) is 44.8 Å². The SMILES string of the molecule is CC(C)C[C@H](N[C@H](CCN1C(=O)c2cc3ccccc3cc2C1=O)C(=O)O)C(=O)NC1C(=O)CSC1=O. The van der Waals surface area contributed by atoms with Crippen LogP contribution in [0.15, 0.2) is 36.4 Å². The predicted octanol–water partition coefficient (Wildman–Crippen LogP) is 1.61. The van der Waals surface area contributed by atoms with Gasteiger partial charge in [0.05, 0.1) is 22.9 Å². The van der Waals surface area contributed by atoms with Crippen LogP contribution in [0.1, 0.15) is 47.4 Å². The highest BCUT2D eigenvalue weighted by Crippen LogP contribution is 2.28. The van der Waals surface area contributed by atoms with E-state index in [0.29, 0.717) is 0 Å². The van der Waals surface area contributed by atoms with Gasteiger partial charge < -0.3 is 10.4 Å². The van der Waals surface area contributed by atoms with Gasteiger partial charge >= 0.3 is 5.97 Å². The van der Waals surface area contributed by atoms with Gasteiger partial charge in [0.2, 0.25) is 11.0 Å². The second-order valence-electron chi connectivity index (χ2n) is 9.55. The van der Waals surface area contributed by atoms with Crippen molar-refractivity contribution in [3.63, 3.8) is 0 Å². The molecule has 2 aromatic carbocycles. The smallest absolute Gasteiger partial charge is 0.320 e. The standard InChI is InChI=1S/C26H27N3O7S/c1-13(2)9-19(22(31)28-21-20(30)12-37-26(21)36)27-18(25(34)35)7-8-29-23(32)16-10-14-5-3-4-6-15(14)11-17(16)24(29)33/h3-6,10-11,13,18-19,21,27H,7-9,12H2,1-2H3,(H,28,31)(H,34,35)/t18-,19+,21?/m1/s1. The number of benzene rings is 2. The second-order valence-corrected chi connectivity index (χ2v) is 10.5. The fourth-order valence-corrected chi connectivity index (χ4v) is 5.31. The number of hydrogen-bond donors (Lipinski definition) is 3. The first-order chi connectivity index (χ1) is 17.6. The minimum Gasteiger partial charge on any atom is -0.480 e. The molecule has 4 rings (SSSR count). The first kappa shape index (κ1) is 26.5. The number of carbonyl (C=O) groups is 6. The van der Waals surface area contributed by atoms with Gasteiger partial charge in [0.25, 0.3) is 11.8 Å². The fraction of sp³-hybridized carbons (Fsp3) is 0.385. The number of thioether (sulfide) groups is 1. The third-order valence-corrected chi connectivity index (χ3v) is 7.35. The summed E-state index contributed by atoms with van der Waals surface area (Å²) in [5, 5.41) is 16.2. The minimum atomic E-state index is -1.26. The van der Waals surface area contributed by atoms with Crippen LogP contribution in [-0.4, -0.2) is 75.0 Å². The lowest BCUT2D eigenvalue weighted by Gasteiger charge is -2.26. The Morgan fingerprint density at radius 2 is 1.62 bits per heavy atom. The normalized spacial score (nSPS) is 19.0. The molecular weight excluding hydrogens is 498 g/mol. The molecule has 2 aromatic rings. The topological polar surface area (TPSA) is 150 Å². The largest absolute Gasteiger partial charge is 0.480 e. The molecule has 3 amide bonds. The average molecular weight is 526 g/mol. The summed E-state index contributed by atoms with van der Waals surface area (Å²) < 4.78 is 0. The Kier molecular flexibility index (Phi) is 7.74. The zero-order valence-electron chi connectivity index (χ0n) is 20.4. The van der Waals surface area contributed by atoms with Crippen LogP contribution in [0.5, 0.6) is 0 Å². The van der Waals surface area contributed by atoms with E-state index in [9.17, 15) is 33.9 Å². The molecule has 2 aliphatic heterocycles. The van der Waals surface area contributed by atoms with Gasteiger partial charge in [-0.05, 0) is 41.7 Å². The molecule has 2 aliphatic rings. The van der Waals surface area contributed by atoms with Crippen LogP contribution in [0.4, 0.5) is 0 Å². The Balaban J connectivity index is 1.46. The lowest BCUT2D eigenvalue weighted by atomic mass is 10.0. The molecule has 1 fully saturated rings. The van der Waals surface area contributed by atoms with Crippen molar-refractivity contribution in [3.8, 4) is 0 Å². The third kappa shape index (κ3) is 5.57. The molecule has 3 N–H and O–H groups in total. The maximum Gasteiger partial charge on any atom is 0.320 e. The van der Waals surface area contributed by atoms with Gasteiger partial charge in [-0.15, -0.1) is 0 Å². The first-order valence-electron chi connectivity index (χ1n) is 11.9. The number of rotatable bonds is 10. The number of carbonyl (C=O) groups excluding carboxylic acids is 5. The lowest BCUT2D eigenvalue weighted by molar-refractivity contribution is -0.140. The van der Waals surface area contributed by atoms with Crippen LogP contribution < -0.4 is 10.6 Å². The van der Waals surface area contributed by atoms with E-state index < -0.39 is 52.7 Å². The number of imide groups is 1. The van der Waals surface area contributed by atoms with Gasteiger partial charge in [0.1, 0.15) is 6.04 Å². The average Bonchev–Trinajstić information content (AvgIpc) is 3.29. The molecule has 37 heavy (non-hydrogen) atoms. The highest BCUT2D eigenvalue weighted by Gasteiger charge is 2.39. The van der Waals surface area contributed by atoms with Crippen LogP contribution in [0, 0.1) is 5.92 Å². The lowest BCUT2D eigenvalue weighted by Crippen LogP contribution is -2.55. The van der Waals surface area contributed by atoms with E-state index in [2.05, 4.69) is 10.6 Å². The van der Waals surface area contributed by atoms with Crippen molar-refractivity contribution < 1.29 is 33.9 Å². The number of nitrogens with zero attached hydrogens (tertiary/aromatic N) is 1. The van der Waals surface area contributed by atoms with Crippen LogP contribution in [0.3, 0.4) is 0 Å². The van der Waals surface area contributed by atoms with Gasteiger partial charge in [-0.2, -0.15) is 0 Å². The van der Waals surface area contributed by atoms with E-state index in [1.165, 1.54) is 0 Å². The van der Waals surface area contributed by atoms with E-state index in [1.807, 2.05) is 38.1 Å². The van der Waals surface area contributed by atoms with Gasteiger partial charge in [-0.25, -0.2) is 0 Å². The second kappa shape index (κ2) is 10.8. The number of carboxylic acids is 1. The molecule has 1 unspecified atom stereocenters. The molecule has 0 aliphatic carbocycles. The number of carboxylic acid groups (broad SMARTS) is 1. The fourth-order valence-electron chi connectivity index (χ4n) is 4.50. The van der Waals surface area contributed by atoms with E-state index in [4.69, 9.17) is 0 Å². The molecule has 0 saturated carbocycles. The molecule has 0 bridgehead atoms. The Morgan fingerprint density at radius 1 is 1.03 bits per heavy atom. The zero-order chi connectivity index (χ0) is 26.9. The summed E-state index contributed by atoms with van der Waals surface area (Å²) in [6, 6.07) is 7.15. The van der Waals surface area contributed by atoms with E-state index >= 15 is 0 Å². The third-order valence-electron chi connectivity index (χ3n) is 6.40. The van der Waals surface area contributed by atoms with Crippen LogP contribution >= 0.6 is 11.8 Å². The summed E-state index contributed by atoms with van der Waals surface area (Å²) in [5.41, 5.74) is 0.536. The van der Waals surface area contributed by atoms with Crippen molar-refractivity contribution in [2.24, 2.45) is 5.92 Å². The Labute approximate surface area is 217 Å². The minimum absolute atomic E-state index is 0.00702. The van der Waals surface area contributed by atoms with Gasteiger partial charge in [-0.1, -0.05) is 49.9 Å². The highest BCUT2D eigenvalue weighted by atomic mass is 32.2. The molecule has 3 atom stereocenters. The van der Waals surface area contributed by atoms with E-state index in [-0.39, 0.29) is 42.2 Å². The highest BCUT2D eigenvalue weighted by molar-refractivity contribution is 8.15. The Hall–Kier alpha value is -3.57. The van der Waals surface area contributed by atoms with E-state index in [0.717, 1.165) is 27.4 Å². The molecule has 2 heterocycles.